The number of benzene rings is 3. The Hall–Kier alpha value is -4.04. The van der Waals surface area contributed by atoms with Gasteiger partial charge in [0.2, 0.25) is 0 Å². The lowest BCUT2D eigenvalue weighted by Crippen LogP contribution is -2.41. The molecule has 0 amide bonds. The van der Waals surface area contributed by atoms with Gasteiger partial charge in [0.15, 0.2) is 39.6 Å². The Bertz CT molecular complexity index is 2160. The number of halogens is 1. The molecule has 1 fully saturated rings. The maximum Gasteiger partial charge on any atom is 0.338 e. The molecule has 1 saturated carbocycles. The molecule has 0 radical (unpaired) electrons. The molecule has 11 heteroatoms. The molecule has 0 saturated heterocycles. The third-order valence-corrected chi connectivity index (χ3v) is 23.2. The summed E-state index contributed by atoms with van der Waals surface area (Å²) in [5, 5.41) is 0.156. The van der Waals surface area contributed by atoms with Crippen molar-refractivity contribution in [1.29, 1.82) is 0 Å². The molecule has 8 nitrogen and oxygen atoms in total. The average Bonchev–Trinajstić information content (AvgIpc) is 3.24. The van der Waals surface area contributed by atoms with Crippen LogP contribution in [0.3, 0.4) is 0 Å². The zero-order valence-corrected chi connectivity index (χ0v) is 45.4. The zero-order valence-electron chi connectivity index (χ0n) is 43.4. The van der Waals surface area contributed by atoms with Crippen molar-refractivity contribution in [3.63, 3.8) is 0 Å². The number of rotatable bonds is 24. The summed E-state index contributed by atoms with van der Waals surface area (Å²) in [6.45, 7) is 36.9. The van der Waals surface area contributed by atoms with Crippen molar-refractivity contribution in [1.82, 2.24) is 0 Å². The predicted octanol–water partition coefficient (Wildman–Crippen LogP) is 15.9. The van der Waals surface area contributed by atoms with Crippen molar-refractivity contribution in [2.45, 2.75) is 175 Å². The van der Waals surface area contributed by atoms with Crippen molar-refractivity contribution in [2.24, 2.45) is 5.92 Å². The summed E-state index contributed by atoms with van der Waals surface area (Å²) in [5.41, 5.74) is 3.47. The number of esters is 2. The second-order valence-electron chi connectivity index (χ2n) is 21.8. The van der Waals surface area contributed by atoms with Crippen molar-refractivity contribution in [3.05, 3.63) is 84.2 Å². The Morgan fingerprint density at radius 3 is 1.75 bits per heavy atom. The SMILES string of the molecule is C=C(C)C(=O)Oc1ccc(-c2cc(-c3ccc(C4CCC(CCCCC)CC4)cc3F)cc(OC(=O)C(=C)C)c2OCCCCO[Si](C)(C)C(C)(C)C)cc1OCCCO[Si](C)(C)C(C)(C)C. The van der Waals surface area contributed by atoms with E-state index in [1.807, 2.05) is 18.2 Å². The van der Waals surface area contributed by atoms with Gasteiger partial charge in [0, 0.05) is 41.9 Å². The second-order valence-corrected chi connectivity index (χ2v) is 31.4. The third kappa shape index (κ3) is 16.0. The highest BCUT2D eigenvalue weighted by atomic mass is 28.4. The predicted molar refractivity (Wildman–Crippen MR) is 278 cm³/mol. The lowest BCUT2D eigenvalue weighted by Gasteiger charge is -2.36. The average molecular weight is 959 g/mol. The third-order valence-electron chi connectivity index (χ3n) is 14.1. The normalized spacial score (nSPS) is 15.8. The van der Waals surface area contributed by atoms with Gasteiger partial charge in [-0.15, -0.1) is 0 Å². The maximum absolute atomic E-state index is 16.6. The van der Waals surface area contributed by atoms with Crippen molar-refractivity contribution >= 4 is 28.6 Å². The Morgan fingerprint density at radius 1 is 0.627 bits per heavy atom. The number of hydrogen-bond acceptors (Lipinski definition) is 8. The van der Waals surface area contributed by atoms with Gasteiger partial charge >= 0.3 is 11.9 Å². The van der Waals surface area contributed by atoms with Crippen LogP contribution in [0.1, 0.15) is 144 Å². The van der Waals surface area contributed by atoms with Gasteiger partial charge in [-0.25, -0.2) is 14.0 Å². The first-order valence-electron chi connectivity index (χ1n) is 24.8. The van der Waals surface area contributed by atoms with Crippen LogP contribution >= 0.6 is 0 Å². The molecule has 0 aromatic heterocycles. The van der Waals surface area contributed by atoms with Gasteiger partial charge in [-0.3, -0.25) is 0 Å². The summed E-state index contributed by atoms with van der Waals surface area (Å²) in [7, 11) is -3.91. The van der Waals surface area contributed by atoms with E-state index < -0.39 is 28.6 Å². The molecule has 1 aliphatic rings. The highest BCUT2D eigenvalue weighted by molar-refractivity contribution is 6.74. The van der Waals surface area contributed by atoms with Crippen LogP contribution in [0.4, 0.5) is 4.39 Å². The minimum atomic E-state index is -1.98. The van der Waals surface area contributed by atoms with E-state index in [-0.39, 0.29) is 45.1 Å². The molecular weight excluding hydrogens is 876 g/mol. The van der Waals surface area contributed by atoms with Crippen LogP contribution in [0.2, 0.25) is 36.3 Å². The maximum atomic E-state index is 16.6. The van der Waals surface area contributed by atoms with Gasteiger partial charge in [-0.2, -0.15) is 0 Å². The van der Waals surface area contributed by atoms with E-state index in [2.05, 4.69) is 87.8 Å². The van der Waals surface area contributed by atoms with E-state index in [0.29, 0.717) is 72.3 Å². The first-order valence-corrected chi connectivity index (χ1v) is 30.6. The highest BCUT2D eigenvalue weighted by Gasteiger charge is 2.38. The number of hydrogen-bond donors (Lipinski definition) is 0. The zero-order chi connectivity index (χ0) is 49.7. The van der Waals surface area contributed by atoms with Gasteiger partial charge in [-0.05, 0) is 147 Å². The largest absolute Gasteiger partial charge is 0.490 e. The van der Waals surface area contributed by atoms with Crippen LogP contribution in [-0.4, -0.2) is 55.0 Å². The molecule has 0 N–H and O–H groups in total. The van der Waals surface area contributed by atoms with Crippen LogP contribution in [0.5, 0.6) is 23.0 Å². The quantitative estimate of drug-likeness (QED) is 0.0288. The fraction of sp³-hybridized carbons (Fsp3) is 0.571. The van der Waals surface area contributed by atoms with Gasteiger partial charge < -0.3 is 27.8 Å². The van der Waals surface area contributed by atoms with Gasteiger partial charge in [0.1, 0.15) is 5.82 Å². The molecule has 0 spiro atoms. The lowest BCUT2D eigenvalue weighted by molar-refractivity contribution is -0.131. The Kier molecular flexibility index (Phi) is 20.3. The van der Waals surface area contributed by atoms with Gasteiger partial charge in [0.05, 0.1) is 13.2 Å². The molecule has 0 atom stereocenters. The molecule has 3 aromatic rings. The van der Waals surface area contributed by atoms with E-state index in [9.17, 15) is 9.59 Å². The van der Waals surface area contributed by atoms with Crippen LogP contribution < -0.4 is 18.9 Å². The Balaban J connectivity index is 1.78. The van der Waals surface area contributed by atoms with Crippen molar-refractivity contribution in [2.75, 3.05) is 26.4 Å². The Morgan fingerprint density at radius 2 is 1.18 bits per heavy atom. The van der Waals surface area contributed by atoms with E-state index in [1.54, 1.807) is 44.2 Å². The lowest BCUT2D eigenvalue weighted by atomic mass is 9.77. The topological polar surface area (TPSA) is 89.5 Å². The Labute approximate surface area is 405 Å². The van der Waals surface area contributed by atoms with Crippen molar-refractivity contribution in [3.8, 4) is 45.3 Å². The van der Waals surface area contributed by atoms with Gasteiger partial charge in [-0.1, -0.05) is 106 Å². The summed E-state index contributed by atoms with van der Waals surface area (Å²) >= 11 is 0. The minimum absolute atomic E-state index is 0.0637. The molecule has 4 rings (SSSR count). The molecule has 0 bridgehead atoms. The number of carbonyl (C=O) groups excluding carboxylic acids is 2. The number of unbranched alkanes of at least 4 members (excludes halogenated alkanes) is 3. The summed E-state index contributed by atoms with van der Waals surface area (Å²) < 4.78 is 54.3. The molecule has 0 unspecified atom stereocenters. The van der Waals surface area contributed by atoms with E-state index in [0.717, 1.165) is 30.7 Å². The summed E-state index contributed by atoms with van der Waals surface area (Å²) in [6, 6.07) is 14.3. The molecule has 0 heterocycles. The molecule has 1 aliphatic carbocycles. The standard InChI is InChI=1S/C56H83FO8Si2/c1-16-17-18-22-41-23-25-42(26-24-41)43-27-29-46(48(57)36-43)45-35-47(52(51(38-45)65-54(59)40(4)5)61-31-19-20-33-62-66(12,13)55(6,7)8)44-28-30-49(64-53(58)39(2)3)50(37-44)60-32-21-34-63-67(14,15)56(9,10)11/h27-30,35-38,41-42H,2,4,16-26,31-34H2,1,3,5-15H3. The first-order chi connectivity index (χ1) is 31.3. The van der Waals surface area contributed by atoms with Crippen LogP contribution in [-0.2, 0) is 18.4 Å². The smallest absolute Gasteiger partial charge is 0.338 e. The molecule has 0 aliphatic heterocycles. The van der Waals surface area contributed by atoms with E-state index in [4.69, 9.17) is 27.8 Å². The molecular formula is C56H83FO8Si2. The highest BCUT2D eigenvalue weighted by Crippen LogP contribution is 2.46. The fourth-order valence-corrected chi connectivity index (χ4v) is 9.81. The van der Waals surface area contributed by atoms with Crippen LogP contribution in [0.25, 0.3) is 22.3 Å². The molecule has 67 heavy (non-hydrogen) atoms. The number of carbonyl (C=O) groups is 2. The first kappa shape index (κ1) is 55.6. The minimum Gasteiger partial charge on any atom is -0.490 e. The van der Waals surface area contributed by atoms with Crippen LogP contribution in [0, 0.1) is 11.7 Å². The summed E-state index contributed by atoms with van der Waals surface area (Å²) in [6.07, 6.45) is 11.6. The van der Waals surface area contributed by atoms with Crippen LogP contribution in [0.15, 0.2) is 72.8 Å². The second kappa shape index (κ2) is 24.5. The van der Waals surface area contributed by atoms with Gasteiger partial charge in [0.25, 0.3) is 0 Å². The summed E-state index contributed by atoms with van der Waals surface area (Å²) in [5.74, 6) is 0.448. The fourth-order valence-electron chi connectivity index (χ4n) is 7.64. The van der Waals surface area contributed by atoms with E-state index >= 15 is 4.39 Å². The monoisotopic (exact) mass is 959 g/mol. The van der Waals surface area contributed by atoms with Crippen molar-refractivity contribution < 1.29 is 41.8 Å². The van der Waals surface area contributed by atoms with E-state index in [1.165, 1.54) is 38.5 Å². The molecule has 370 valence electrons. The summed E-state index contributed by atoms with van der Waals surface area (Å²) in [4.78, 5) is 26.2. The number of ether oxygens (including phenoxy) is 4. The molecule has 3 aromatic carbocycles.